The summed E-state index contributed by atoms with van der Waals surface area (Å²) in [5.74, 6) is -0.710. The molecule has 166 valence electrons. The van der Waals surface area contributed by atoms with E-state index in [4.69, 9.17) is 14.2 Å². The van der Waals surface area contributed by atoms with Crippen LogP contribution >= 0.6 is 0 Å². The van der Waals surface area contributed by atoms with Crippen molar-refractivity contribution < 1.29 is 44.5 Å². The summed E-state index contributed by atoms with van der Waals surface area (Å²) in [7, 11) is 0. The highest BCUT2D eigenvalue weighted by molar-refractivity contribution is 5.87. The third-order valence-electron chi connectivity index (χ3n) is 5.36. The Bertz CT molecular complexity index is 720. The molecule has 0 aromatic heterocycles. The normalized spacial score (nSPS) is 34.7. The summed E-state index contributed by atoms with van der Waals surface area (Å²) in [5, 5.41) is 49.5. The van der Waals surface area contributed by atoms with E-state index in [1.807, 2.05) is 0 Å². The number of aliphatic hydroxyl groups is 4. The second-order valence-electron chi connectivity index (χ2n) is 7.56. The van der Waals surface area contributed by atoms with Gasteiger partial charge in [0.1, 0.15) is 24.1 Å². The highest BCUT2D eigenvalue weighted by atomic mass is 16.7. The number of rotatable bonds is 6. The minimum atomic E-state index is -1.55. The van der Waals surface area contributed by atoms with E-state index in [1.165, 1.54) is 18.2 Å². The Balaban J connectivity index is 1.70. The Morgan fingerprint density at radius 3 is 2.47 bits per heavy atom. The van der Waals surface area contributed by atoms with Crippen LogP contribution in [-0.2, 0) is 19.0 Å². The van der Waals surface area contributed by atoms with Gasteiger partial charge in [-0.1, -0.05) is 25.0 Å². The topological polar surface area (TPSA) is 146 Å². The number of hydrogen-bond acceptors (Lipinski definition) is 9. The van der Waals surface area contributed by atoms with Gasteiger partial charge in [0.25, 0.3) is 0 Å². The Labute approximate surface area is 174 Å². The first-order chi connectivity index (χ1) is 14.4. The molecule has 1 aliphatic carbocycles. The minimum absolute atomic E-state index is 0.0921. The van der Waals surface area contributed by atoms with Crippen molar-refractivity contribution in [2.24, 2.45) is 0 Å². The molecule has 2 fully saturated rings. The smallest absolute Gasteiger partial charge is 0.331 e. The highest BCUT2D eigenvalue weighted by Gasteiger charge is 2.48. The van der Waals surface area contributed by atoms with Gasteiger partial charge in [-0.25, -0.2) is 4.79 Å². The quantitative estimate of drug-likeness (QED) is 0.316. The van der Waals surface area contributed by atoms with Crippen LogP contribution < -0.4 is 0 Å². The van der Waals surface area contributed by atoms with Gasteiger partial charge in [-0.15, -0.1) is 0 Å². The lowest BCUT2D eigenvalue weighted by atomic mass is 9.94. The van der Waals surface area contributed by atoms with Crippen LogP contribution in [0, 0.1) is 0 Å². The van der Waals surface area contributed by atoms with Gasteiger partial charge in [0.15, 0.2) is 12.4 Å². The van der Waals surface area contributed by atoms with Gasteiger partial charge in [0, 0.05) is 6.08 Å². The largest absolute Gasteiger partial charge is 0.508 e. The number of aliphatic hydroxyl groups excluding tert-OH is 4. The summed E-state index contributed by atoms with van der Waals surface area (Å²) in [6.07, 6.45) is -2.59. The van der Waals surface area contributed by atoms with Crippen molar-refractivity contribution in [3.63, 3.8) is 0 Å². The number of esters is 1. The second kappa shape index (κ2) is 10.3. The number of hydrogen-bond donors (Lipinski definition) is 5. The number of ether oxygens (including phenoxy) is 3. The van der Waals surface area contributed by atoms with E-state index >= 15 is 0 Å². The van der Waals surface area contributed by atoms with Gasteiger partial charge in [-0.05, 0) is 36.6 Å². The summed E-state index contributed by atoms with van der Waals surface area (Å²) >= 11 is 0. The first-order valence-corrected chi connectivity index (χ1v) is 10.0. The van der Waals surface area contributed by atoms with Gasteiger partial charge in [0.2, 0.25) is 0 Å². The summed E-state index contributed by atoms with van der Waals surface area (Å²) < 4.78 is 16.6. The number of aromatic hydroxyl groups is 1. The number of phenolic OH excluding ortho intramolecular Hbond substituents is 1. The molecule has 0 spiro atoms. The van der Waals surface area contributed by atoms with Crippen LogP contribution in [0.4, 0.5) is 0 Å². The second-order valence-corrected chi connectivity index (χ2v) is 7.56. The molecule has 1 heterocycles. The van der Waals surface area contributed by atoms with Crippen LogP contribution in [0.1, 0.15) is 31.2 Å². The Hall–Kier alpha value is -2.01. The maximum absolute atomic E-state index is 12.3. The van der Waals surface area contributed by atoms with Gasteiger partial charge >= 0.3 is 5.97 Å². The van der Waals surface area contributed by atoms with Crippen LogP contribution in [0.25, 0.3) is 6.08 Å². The zero-order valence-electron chi connectivity index (χ0n) is 16.4. The zero-order valence-corrected chi connectivity index (χ0v) is 16.4. The first kappa shape index (κ1) is 22.7. The van der Waals surface area contributed by atoms with Crippen LogP contribution in [0.5, 0.6) is 5.75 Å². The molecular weight excluding hydrogens is 396 g/mol. The number of carbonyl (C=O) groups is 1. The molecule has 1 saturated heterocycles. The van der Waals surface area contributed by atoms with Crippen LogP contribution in [0.3, 0.4) is 0 Å². The summed E-state index contributed by atoms with van der Waals surface area (Å²) in [6.45, 7) is -0.563. The SMILES string of the molecule is O=C(C=Cc1ccc(O)cc1)O[C@H]1[C@@H](O[C@H]2CCCC[C@H]2O)O[C@H](CO)[C@@H](O)[C@@H]1O. The predicted octanol–water partition coefficient (Wildman–Crippen LogP) is 0.0763. The number of benzene rings is 1. The van der Waals surface area contributed by atoms with Crippen LogP contribution in [0.15, 0.2) is 30.3 Å². The van der Waals surface area contributed by atoms with E-state index in [0.717, 1.165) is 18.9 Å². The van der Waals surface area contributed by atoms with Gasteiger partial charge in [0.05, 0.1) is 18.8 Å². The van der Waals surface area contributed by atoms with Gasteiger partial charge in [-0.2, -0.15) is 0 Å². The van der Waals surface area contributed by atoms with Gasteiger partial charge < -0.3 is 39.7 Å². The Morgan fingerprint density at radius 2 is 1.80 bits per heavy atom. The molecule has 3 rings (SSSR count). The molecular formula is C21H28O9. The number of carbonyl (C=O) groups excluding carboxylic acids is 1. The Morgan fingerprint density at radius 1 is 1.10 bits per heavy atom. The van der Waals surface area contributed by atoms with Crippen molar-refractivity contribution in [3.05, 3.63) is 35.9 Å². The lowest BCUT2D eigenvalue weighted by molar-refractivity contribution is -0.320. The molecule has 1 aromatic rings. The third-order valence-corrected chi connectivity index (χ3v) is 5.36. The lowest BCUT2D eigenvalue weighted by Crippen LogP contribution is -2.61. The Kier molecular flexibility index (Phi) is 7.81. The molecule has 9 nitrogen and oxygen atoms in total. The summed E-state index contributed by atoms with van der Waals surface area (Å²) in [5.41, 5.74) is 0.642. The van der Waals surface area contributed by atoms with E-state index in [0.29, 0.717) is 18.4 Å². The molecule has 9 heteroatoms. The standard InChI is InChI=1S/C21H28O9/c22-11-16-18(26)19(27)20(21(29-16)28-15-4-2-1-3-14(15)24)30-17(25)10-7-12-5-8-13(23)9-6-12/h5-10,14-16,18-24,26-27H,1-4,11H2/t14-,15+,16-,18-,19+,20-,21+/m1/s1. The van der Waals surface area contributed by atoms with Crippen molar-refractivity contribution in [2.45, 2.75) is 68.6 Å². The molecule has 7 atom stereocenters. The van der Waals surface area contributed by atoms with E-state index in [9.17, 15) is 30.3 Å². The van der Waals surface area contributed by atoms with Gasteiger partial charge in [-0.3, -0.25) is 0 Å². The molecule has 0 amide bonds. The molecule has 1 aromatic carbocycles. The van der Waals surface area contributed by atoms with Crippen molar-refractivity contribution in [1.82, 2.24) is 0 Å². The summed E-state index contributed by atoms with van der Waals surface area (Å²) in [6, 6.07) is 6.14. The maximum atomic E-state index is 12.3. The monoisotopic (exact) mass is 424 g/mol. The van der Waals surface area contributed by atoms with Crippen molar-refractivity contribution in [1.29, 1.82) is 0 Å². The fourth-order valence-corrected chi connectivity index (χ4v) is 3.62. The number of phenols is 1. The van der Waals surface area contributed by atoms with E-state index in [1.54, 1.807) is 12.1 Å². The fourth-order valence-electron chi connectivity index (χ4n) is 3.62. The fraction of sp³-hybridized carbons (Fsp3) is 0.571. The molecule has 5 N–H and O–H groups in total. The molecule has 30 heavy (non-hydrogen) atoms. The first-order valence-electron chi connectivity index (χ1n) is 10.0. The average molecular weight is 424 g/mol. The van der Waals surface area contributed by atoms with E-state index in [-0.39, 0.29) is 5.75 Å². The molecule has 1 saturated carbocycles. The molecule has 1 aliphatic heterocycles. The highest BCUT2D eigenvalue weighted by Crippen LogP contribution is 2.29. The molecule has 0 unspecified atom stereocenters. The third kappa shape index (κ3) is 5.57. The average Bonchev–Trinajstić information content (AvgIpc) is 2.74. The van der Waals surface area contributed by atoms with E-state index < -0.39 is 55.5 Å². The lowest BCUT2D eigenvalue weighted by Gasteiger charge is -2.43. The van der Waals surface area contributed by atoms with Crippen LogP contribution in [-0.4, -0.2) is 81.0 Å². The summed E-state index contributed by atoms with van der Waals surface area (Å²) in [4.78, 5) is 12.3. The van der Waals surface area contributed by atoms with Crippen molar-refractivity contribution >= 4 is 12.0 Å². The van der Waals surface area contributed by atoms with E-state index in [2.05, 4.69) is 0 Å². The molecule has 0 bridgehead atoms. The minimum Gasteiger partial charge on any atom is -0.508 e. The maximum Gasteiger partial charge on any atom is 0.331 e. The van der Waals surface area contributed by atoms with Crippen molar-refractivity contribution in [3.8, 4) is 5.75 Å². The predicted molar refractivity (Wildman–Crippen MR) is 104 cm³/mol. The van der Waals surface area contributed by atoms with Crippen molar-refractivity contribution in [2.75, 3.05) is 6.61 Å². The zero-order chi connectivity index (χ0) is 21.7. The molecule has 2 aliphatic rings. The molecule has 0 radical (unpaired) electrons. The van der Waals surface area contributed by atoms with Crippen LogP contribution in [0.2, 0.25) is 0 Å².